The number of aromatic nitrogens is 2. The van der Waals surface area contributed by atoms with E-state index in [1.54, 1.807) is 23.9 Å². The average molecular weight is 465 g/mol. The number of nitrogens with one attached hydrogen (secondary N) is 1. The van der Waals surface area contributed by atoms with Crippen molar-refractivity contribution in [2.75, 3.05) is 13.1 Å². The van der Waals surface area contributed by atoms with E-state index in [-0.39, 0.29) is 30.7 Å². The minimum absolute atomic E-state index is 0. The molecule has 8 heteroatoms. The van der Waals surface area contributed by atoms with Crippen molar-refractivity contribution in [2.45, 2.75) is 31.8 Å². The van der Waals surface area contributed by atoms with Gasteiger partial charge in [0, 0.05) is 36.2 Å². The van der Waals surface area contributed by atoms with Crippen molar-refractivity contribution in [3.05, 3.63) is 70.9 Å². The lowest BCUT2D eigenvalue weighted by atomic mass is 9.93. The largest absolute Gasteiger partial charge is 0.331 e. The minimum atomic E-state index is 0. The smallest absolute Gasteiger partial charge is 0.254 e. The third kappa shape index (κ3) is 4.42. The van der Waals surface area contributed by atoms with Crippen molar-refractivity contribution >= 4 is 42.1 Å². The summed E-state index contributed by atoms with van der Waals surface area (Å²) >= 11 is 1.69. The monoisotopic (exact) mass is 464 g/mol. The van der Waals surface area contributed by atoms with Gasteiger partial charge in [0.15, 0.2) is 0 Å². The highest BCUT2D eigenvalue weighted by atomic mass is 35.5. The molecule has 0 radical (unpaired) electrons. The number of thiophene rings is 1. The Morgan fingerprint density at radius 1 is 1.20 bits per heavy atom. The highest BCUT2D eigenvalue weighted by Crippen LogP contribution is 2.56. The fraction of sp³-hybridized carbons (Fsp3) is 0.364. The average Bonchev–Trinajstić information content (AvgIpc) is 3.18. The first kappa shape index (κ1) is 22.8. The van der Waals surface area contributed by atoms with Crippen LogP contribution in [0.3, 0.4) is 0 Å². The molecule has 3 heterocycles. The summed E-state index contributed by atoms with van der Waals surface area (Å²) in [5.41, 5.74) is 3.33. The number of amides is 1. The number of piperidine rings is 1. The Bertz CT molecular complexity index is 938. The number of hydrogen-bond acceptors (Lipinski definition) is 4. The summed E-state index contributed by atoms with van der Waals surface area (Å²) in [5.74, 6) is 0.142. The molecule has 1 spiro atoms. The van der Waals surface area contributed by atoms with Gasteiger partial charge in [-0.05, 0) is 84.4 Å². The number of imidazole rings is 1. The van der Waals surface area contributed by atoms with Crippen LogP contribution < -0.4 is 5.32 Å². The van der Waals surface area contributed by atoms with Gasteiger partial charge in [-0.25, -0.2) is 4.98 Å². The molecule has 2 aromatic heterocycles. The molecule has 2 fully saturated rings. The second-order valence-corrected chi connectivity index (χ2v) is 8.69. The zero-order valence-electron chi connectivity index (χ0n) is 16.6. The molecule has 3 aromatic rings. The van der Waals surface area contributed by atoms with Gasteiger partial charge in [0.05, 0.1) is 6.33 Å². The van der Waals surface area contributed by atoms with Gasteiger partial charge in [-0.2, -0.15) is 11.3 Å². The Morgan fingerprint density at radius 3 is 2.60 bits per heavy atom. The van der Waals surface area contributed by atoms with Gasteiger partial charge < -0.3 is 14.8 Å². The summed E-state index contributed by atoms with van der Waals surface area (Å²) in [4.78, 5) is 19.7. The summed E-state index contributed by atoms with van der Waals surface area (Å²) in [6, 6.07) is 10.3. The summed E-state index contributed by atoms with van der Waals surface area (Å²) in [5, 5.41) is 7.70. The Labute approximate surface area is 193 Å². The van der Waals surface area contributed by atoms with Crippen LogP contribution in [-0.4, -0.2) is 39.5 Å². The fourth-order valence-corrected chi connectivity index (χ4v) is 5.15. The van der Waals surface area contributed by atoms with Crippen molar-refractivity contribution in [3.63, 3.8) is 0 Å². The van der Waals surface area contributed by atoms with E-state index in [9.17, 15) is 4.79 Å². The predicted octanol–water partition coefficient (Wildman–Crippen LogP) is 4.56. The molecule has 1 atom stereocenters. The first-order chi connectivity index (χ1) is 13.8. The number of nitrogens with zero attached hydrogens (tertiary/aromatic N) is 3. The number of rotatable bonds is 5. The van der Waals surface area contributed by atoms with E-state index in [1.807, 2.05) is 35.0 Å². The first-order valence-corrected chi connectivity index (χ1v) is 10.8. The maximum absolute atomic E-state index is 13.5. The maximum atomic E-state index is 13.5. The molecule has 1 unspecified atom stereocenters. The van der Waals surface area contributed by atoms with Crippen molar-refractivity contribution in [1.29, 1.82) is 0 Å². The van der Waals surface area contributed by atoms with Crippen LogP contribution in [0.5, 0.6) is 0 Å². The van der Waals surface area contributed by atoms with Gasteiger partial charge in [0.2, 0.25) is 0 Å². The van der Waals surface area contributed by atoms with Gasteiger partial charge in [0.25, 0.3) is 5.91 Å². The number of carbonyl (C=O) groups excluding carboxylic acids is 1. The van der Waals surface area contributed by atoms with Crippen molar-refractivity contribution < 1.29 is 4.79 Å². The van der Waals surface area contributed by atoms with E-state index < -0.39 is 0 Å². The molecule has 2 aliphatic rings. The number of hydrogen-bond donors (Lipinski definition) is 1. The topological polar surface area (TPSA) is 50.2 Å². The number of benzene rings is 1. The normalized spacial score (nSPS) is 18.9. The van der Waals surface area contributed by atoms with Gasteiger partial charge in [0.1, 0.15) is 0 Å². The van der Waals surface area contributed by atoms with Crippen LogP contribution in [0.15, 0.2) is 59.8 Å². The van der Waals surface area contributed by atoms with Gasteiger partial charge in [-0.1, -0.05) is 0 Å². The molecule has 0 bridgehead atoms. The lowest BCUT2D eigenvalue weighted by Crippen LogP contribution is -2.39. The Kier molecular flexibility index (Phi) is 7.24. The fourth-order valence-electron chi connectivity index (χ4n) is 4.49. The second kappa shape index (κ2) is 9.52. The van der Waals surface area contributed by atoms with Crippen LogP contribution >= 0.6 is 36.2 Å². The Hall–Kier alpha value is -1.86. The molecular formula is C22H26Cl2N4OS. The van der Waals surface area contributed by atoms with Crippen LogP contribution in [0.2, 0.25) is 0 Å². The van der Waals surface area contributed by atoms with E-state index in [0.717, 1.165) is 30.8 Å². The predicted molar refractivity (Wildman–Crippen MR) is 125 cm³/mol. The Morgan fingerprint density at radius 2 is 1.97 bits per heavy atom. The van der Waals surface area contributed by atoms with Crippen molar-refractivity contribution in [3.8, 4) is 5.69 Å². The molecule has 1 aromatic carbocycles. The minimum Gasteiger partial charge on any atom is -0.331 e. The summed E-state index contributed by atoms with van der Waals surface area (Å²) in [6.45, 7) is 2.83. The molecule has 1 N–H and O–H groups in total. The van der Waals surface area contributed by atoms with Gasteiger partial charge >= 0.3 is 0 Å². The maximum Gasteiger partial charge on any atom is 0.254 e. The zero-order chi connectivity index (χ0) is 19.0. The lowest BCUT2D eigenvalue weighted by molar-refractivity contribution is 0.0692. The summed E-state index contributed by atoms with van der Waals surface area (Å²) in [6.07, 6.45) is 8.91. The van der Waals surface area contributed by atoms with Crippen molar-refractivity contribution in [2.24, 2.45) is 5.41 Å². The van der Waals surface area contributed by atoms with Crippen LogP contribution in [-0.2, 0) is 6.54 Å². The van der Waals surface area contributed by atoms with Gasteiger partial charge in [-0.3, -0.25) is 4.79 Å². The molecule has 160 valence electrons. The van der Waals surface area contributed by atoms with Crippen LogP contribution in [0.4, 0.5) is 0 Å². The molecule has 1 saturated heterocycles. The zero-order valence-corrected chi connectivity index (χ0v) is 19.0. The molecule has 1 amide bonds. The quantitative estimate of drug-likeness (QED) is 0.601. The van der Waals surface area contributed by atoms with E-state index in [4.69, 9.17) is 0 Å². The molecule has 1 aliphatic carbocycles. The third-order valence-corrected chi connectivity index (χ3v) is 6.96. The SMILES string of the molecule is Cl.Cl.O=C(c1ccc(-n2ccnc2)cc1)N(Cc1ccsc1)C1CC12CCNCC2. The second-order valence-electron chi connectivity index (χ2n) is 7.91. The Balaban J connectivity index is 0.00000128. The van der Waals surface area contributed by atoms with Crippen LogP contribution in [0.1, 0.15) is 35.2 Å². The van der Waals surface area contributed by atoms with Crippen LogP contribution in [0.25, 0.3) is 5.69 Å². The lowest BCUT2D eigenvalue weighted by Gasteiger charge is -2.29. The van der Waals surface area contributed by atoms with E-state index >= 15 is 0 Å². The summed E-state index contributed by atoms with van der Waals surface area (Å²) in [7, 11) is 0. The molecule has 30 heavy (non-hydrogen) atoms. The summed E-state index contributed by atoms with van der Waals surface area (Å²) < 4.78 is 1.95. The standard InChI is InChI=1S/C22H24N4OS.2ClH/c27-21(18-1-3-19(4-2-18)25-11-10-24-16-25)26(14-17-5-12-28-15-17)20-13-22(20)6-8-23-9-7-22;;/h1-5,10-12,15-16,20,23H,6-9,13-14H2;2*1H. The van der Waals surface area contributed by atoms with E-state index in [2.05, 4.69) is 32.0 Å². The molecule has 5 nitrogen and oxygen atoms in total. The molecule has 5 rings (SSSR count). The van der Waals surface area contributed by atoms with E-state index in [0.29, 0.717) is 18.0 Å². The molecular weight excluding hydrogens is 439 g/mol. The number of halogens is 2. The number of carbonyl (C=O) groups is 1. The van der Waals surface area contributed by atoms with Crippen molar-refractivity contribution in [1.82, 2.24) is 19.8 Å². The molecule has 1 saturated carbocycles. The van der Waals surface area contributed by atoms with E-state index in [1.165, 1.54) is 18.4 Å². The first-order valence-electron chi connectivity index (χ1n) is 9.86. The third-order valence-electron chi connectivity index (χ3n) is 6.23. The van der Waals surface area contributed by atoms with Gasteiger partial charge in [-0.15, -0.1) is 24.8 Å². The highest BCUT2D eigenvalue weighted by molar-refractivity contribution is 7.07. The highest BCUT2D eigenvalue weighted by Gasteiger charge is 2.57. The molecule has 1 aliphatic heterocycles. The van der Waals surface area contributed by atoms with Crippen LogP contribution in [0, 0.1) is 5.41 Å².